The molecule has 1 aromatic rings. The molecule has 1 saturated carbocycles. The first kappa shape index (κ1) is 13.3. The van der Waals surface area contributed by atoms with Gasteiger partial charge in [-0.15, -0.1) is 0 Å². The van der Waals surface area contributed by atoms with E-state index >= 15 is 0 Å². The van der Waals surface area contributed by atoms with Crippen LogP contribution in [0.25, 0.3) is 0 Å². The van der Waals surface area contributed by atoms with Crippen molar-refractivity contribution >= 4 is 15.8 Å². The van der Waals surface area contributed by atoms with Gasteiger partial charge in [-0.25, -0.2) is 18.1 Å². The van der Waals surface area contributed by atoms with Crippen molar-refractivity contribution in [2.24, 2.45) is 5.92 Å². The van der Waals surface area contributed by atoms with E-state index in [-0.39, 0.29) is 16.8 Å². The Morgan fingerprint density at radius 3 is 2.83 bits per heavy atom. The molecule has 6 heteroatoms. The van der Waals surface area contributed by atoms with E-state index in [0.717, 1.165) is 12.8 Å². The van der Waals surface area contributed by atoms with Crippen LogP contribution in [0.4, 0.5) is 5.82 Å². The van der Waals surface area contributed by atoms with Crippen LogP contribution in [-0.4, -0.2) is 19.4 Å². The highest BCUT2D eigenvalue weighted by atomic mass is 32.2. The van der Waals surface area contributed by atoms with Crippen molar-refractivity contribution in [2.75, 3.05) is 5.73 Å². The molecule has 1 unspecified atom stereocenters. The van der Waals surface area contributed by atoms with Gasteiger partial charge >= 0.3 is 0 Å². The van der Waals surface area contributed by atoms with Crippen LogP contribution < -0.4 is 10.5 Å². The topological polar surface area (TPSA) is 85.1 Å². The Morgan fingerprint density at radius 1 is 1.56 bits per heavy atom. The third-order valence-electron chi connectivity index (χ3n) is 3.19. The fourth-order valence-electron chi connectivity index (χ4n) is 1.94. The molecule has 100 valence electrons. The normalized spacial score (nSPS) is 17.6. The highest BCUT2D eigenvalue weighted by Crippen LogP contribution is 2.34. The molecule has 0 aromatic carbocycles. The number of nitrogens with one attached hydrogen (secondary N) is 1. The van der Waals surface area contributed by atoms with Gasteiger partial charge in [0.25, 0.3) is 0 Å². The van der Waals surface area contributed by atoms with Crippen molar-refractivity contribution < 1.29 is 8.42 Å². The number of rotatable bonds is 6. The van der Waals surface area contributed by atoms with Gasteiger partial charge in [-0.2, -0.15) is 0 Å². The Balaban J connectivity index is 2.09. The molecule has 0 radical (unpaired) electrons. The summed E-state index contributed by atoms with van der Waals surface area (Å²) < 4.78 is 27.1. The number of nitrogens with zero attached hydrogens (tertiary/aromatic N) is 1. The molecule has 0 spiro atoms. The number of sulfonamides is 1. The van der Waals surface area contributed by atoms with Crippen molar-refractivity contribution in [3.63, 3.8) is 0 Å². The van der Waals surface area contributed by atoms with Gasteiger partial charge in [0.05, 0.1) is 4.90 Å². The minimum atomic E-state index is -3.48. The maximum absolute atomic E-state index is 12.2. The molecule has 0 saturated heterocycles. The Kier molecular flexibility index (Phi) is 3.87. The predicted octanol–water partition coefficient (Wildman–Crippen LogP) is 1.52. The fourth-order valence-corrected chi connectivity index (χ4v) is 3.29. The highest BCUT2D eigenvalue weighted by molar-refractivity contribution is 7.89. The van der Waals surface area contributed by atoms with Crippen LogP contribution in [0.3, 0.4) is 0 Å². The number of nitrogen functional groups attached to an aromatic ring is 1. The molecule has 1 atom stereocenters. The summed E-state index contributed by atoms with van der Waals surface area (Å²) in [6.07, 6.45) is 5.58. The maximum atomic E-state index is 12.2. The molecule has 3 N–H and O–H groups in total. The lowest BCUT2D eigenvalue weighted by atomic mass is 10.1. The van der Waals surface area contributed by atoms with Gasteiger partial charge < -0.3 is 5.73 Å². The van der Waals surface area contributed by atoms with Crippen molar-refractivity contribution in [1.82, 2.24) is 9.71 Å². The molecule has 0 amide bonds. The average molecular weight is 269 g/mol. The largest absolute Gasteiger partial charge is 0.384 e. The number of hydrogen-bond acceptors (Lipinski definition) is 4. The summed E-state index contributed by atoms with van der Waals surface area (Å²) in [4.78, 5) is 3.98. The monoisotopic (exact) mass is 269 g/mol. The van der Waals surface area contributed by atoms with E-state index in [0.29, 0.717) is 5.92 Å². The Hall–Kier alpha value is -1.14. The van der Waals surface area contributed by atoms with Crippen molar-refractivity contribution in [2.45, 2.75) is 43.5 Å². The average Bonchev–Trinajstić information content (AvgIpc) is 3.12. The molecule has 2 rings (SSSR count). The summed E-state index contributed by atoms with van der Waals surface area (Å²) in [5, 5.41) is 0. The van der Waals surface area contributed by atoms with Crippen LogP contribution >= 0.6 is 0 Å². The number of aromatic nitrogens is 1. The molecule has 0 aliphatic heterocycles. The van der Waals surface area contributed by atoms with Gasteiger partial charge in [-0.1, -0.05) is 19.8 Å². The Labute approximate surface area is 108 Å². The van der Waals surface area contributed by atoms with Crippen LogP contribution in [0.15, 0.2) is 23.2 Å². The highest BCUT2D eigenvalue weighted by Gasteiger charge is 2.27. The van der Waals surface area contributed by atoms with E-state index in [4.69, 9.17) is 5.73 Å². The lowest BCUT2D eigenvalue weighted by molar-refractivity contribution is 0.495. The Morgan fingerprint density at radius 2 is 2.28 bits per heavy atom. The first-order valence-electron chi connectivity index (χ1n) is 6.25. The minimum absolute atomic E-state index is 0.0110. The summed E-state index contributed by atoms with van der Waals surface area (Å²) in [7, 11) is -3.48. The third kappa shape index (κ3) is 3.43. The van der Waals surface area contributed by atoms with Gasteiger partial charge in [-0.3, -0.25) is 0 Å². The van der Waals surface area contributed by atoms with Crippen LogP contribution in [0.5, 0.6) is 0 Å². The second-order valence-corrected chi connectivity index (χ2v) is 6.54. The molecule has 5 nitrogen and oxygen atoms in total. The first-order chi connectivity index (χ1) is 8.51. The number of nitrogens with two attached hydrogens (primary N) is 1. The second kappa shape index (κ2) is 5.24. The van der Waals surface area contributed by atoms with Gasteiger partial charge in [0.1, 0.15) is 5.82 Å². The van der Waals surface area contributed by atoms with Crippen molar-refractivity contribution in [1.29, 1.82) is 0 Å². The van der Waals surface area contributed by atoms with E-state index in [2.05, 4.69) is 9.71 Å². The van der Waals surface area contributed by atoms with Crippen LogP contribution in [0.1, 0.15) is 32.6 Å². The predicted molar refractivity (Wildman–Crippen MR) is 70.4 cm³/mol. The first-order valence-corrected chi connectivity index (χ1v) is 7.73. The second-order valence-electron chi connectivity index (χ2n) is 4.82. The van der Waals surface area contributed by atoms with Gasteiger partial charge in [0.2, 0.25) is 10.0 Å². The molecular formula is C12H19N3O2S. The summed E-state index contributed by atoms with van der Waals surface area (Å²) in [5.41, 5.74) is 5.51. The quantitative estimate of drug-likeness (QED) is 0.820. The summed E-state index contributed by atoms with van der Waals surface area (Å²) >= 11 is 0. The molecule has 1 heterocycles. The van der Waals surface area contributed by atoms with Crippen molar-refractivity contribution in [3.8, 4) is 0 Å². The van der Waals surface area contributed by atoms with E-state index in [1.165, 1.54) is 31.2 Å². The van der Waals surface area contributed by atoms with Crippen molar-refractivity contribution in [3.05, 3.63) is 18.3 Å². The smallest absolute Gasteiger partial charge is 0.241 e. The molecule has 1 fully saturated rings. The number of hydrogen-bond donors (Lipinski definition) is 2. The zero-order chi connectivity index (χ0) is 13.2. The number of pyridine rings is 1. The van der Waals surface area contributed by atoms with Gasteiger partial charge in [-0.05, 0) is 24.8 Å². The van der Waals surface area contributed by atoms with E-state index in [1.807, 2.05) is 6.92 Å². The fraction of sp³-hybridized carbons (Fsp3) is 0.583. The molecular weight excluding hydrogens is 250 g/mol. The lowest BCUT2D eigenvalue weighted by Crippen LogP contribution is -2.34. The van der Waals surface area contributed by atoms with E-state index in [1.54, 1.807) is 0 Å². The zero-order valence-electron chi connectivity index (χ0n) is 10.5. The maximum Gasteiger partial charge on any atom is 0.241 e. The summed E-state index contributed by atoms with van der Waals surface area (Å²) in [6.45, 7) is 2.00. The van der Waals surface area contributed by atoms with Crippen LogP contribution in [0, 0.1) is 5.92 Å². The molecule has 1 aliphatic carbocycles. The van der Waals surface area contributed by atoms with E-state index < -0.39 is 10.0 Å². The summed E-state index contributed by atoms with van der Waals surface area (Å²) in [5.74, 6) is 0.910. The lowest BCUT2D eigenvalue weighted by Gasteiger charge is -2.16. The van der Waals surface area contributed by atoms with Crippen LogP contribution in [-0.2, 0) is 10.0 Å². The van der Waals surface area contributed by atoms with Gasteiger partial charge in [0.15, 0.2) is 0 Å². The molecule has 1 aliphatic rings. The molecule has 18 heavy (non-hydrogen) atoms. The number of anilines is 1. The Bertz CT molecular complexity index is 512. The van der Waals surface area contributed by atoms with Crippen LogP contribution in [0.2, 0.25) is 0 Å². The standard InChI is InChI=1S/C12H19N3O2S/c1-2-10(7-9-3-4-9)15-18(16,17)11-5-6-14-12(13)8-11/h5-6,8-10,15H,2-4,7H2,1H3,(H2,13,14). The molecule has 0 bridgehead atoms. The molecule has 1 aromatic heterocycles. The zero-order valence-corrected chi connectivity index (χ0v) is 11.3. The minimum Gasteiger partial charge on any atom is -0.384 e. The van der Waals surface area contributed by atoms with E-state index in [9.17, 15) is 8.42 Å². The third-order valence-corrected chi connectivity index (χ3v) is 4.71. The summed E-state index contributed by atoms with van der Waals surface area (Å²) in [6, 6.07) is 2.85. The SMILES string of the molecule is CCC(CC1CC1)NS(=O)(=O)c1ccnc(N)c1. The van der Waals surface area contributed by atoms with Gasteiger partial charge in [0, 0.05) is 18.3 Å².